The number of para-hydroxylation sites is 1. The van der Waals surface area contributed by atoms with Crippen LogP contribution in [-0.2, 0) is 0 Å². The summed E-state index contributed by atoms with van der Waals surface area (Å²) in [5, 5.41) is 3.35. The molecule has 2 heterocycles. The van der Waals surface area contributed by atoms with Crippen molar-refractivity contribution in [3.05, 3.63) is 34.7 Å². The minimum atomic E-state index is 0.647. The van der Waals surface area contributed by atoms with Gasteiger partial charge in [0, 0.05) is 0 Å². The minimum Gasteiger partial charge on any atom is -0.390 e. The lowest BCUT2D eigenvalue weighted by molar-refractivity contribution is 1.35. The number of aromatic amines is 1. The van der Waals surface area contributed by atoms with Crippen molar-refractivity contribution in [3.8, 4) is 11.4 Å². The van der Waals surface area contributed by atoms with E-state index in [1.165, 1.54) is 11.3 Å². The monoisotopic (exact) mass is 249 g/mol. The van der Waals surface area contributed by atoms with Gasteiger partial charge in [-0.05, 0) is 23.6 Å². The van der Waals surface area contributed by atoms with Gasteiger partial charge in [0.1, 0.15) is 11.3 Å². The molecule has 3 N–H and O–H groups in total. The normalized spacial score (nSPS) is 11.1. The summed E-state index contributed by atoms with van der Waals surface area (Å²) in [6.45, 7) is 0. The zero-order valence-electron chi connectivity index (χ0n) is 8.20. The second-order valence-electron chi connectivity index (χ2n) is 3.42. The van der Waals surface area contributed by atoms with Crippen LogP contribution in [0.5, 0.6) is 0 Å². The summed E-state index contributed by atoms with van der Waals surface area (Å²) in [6.07, 6.45) is 0. The van der Waals surface area contributed by atoms with Gasteiger partial charge in [0.2, 0.25) is 0 Å². The van der Waals surface area contributed by atoms with E-state index in [1.54, 1.807) is 0 Å². The van der Waals surface area contributed by atoms with Gasteiger partial charge >= 0.3 is 0 Å². The highest BCUT2D eigenvalue weighted by molar-refractivity contribution is 7.14. The maximum Gasteiger partial charge on any atom is 0.141 e. The molecule has 2 aromatic heterocycles. The Kier molecular flexibility index (Phi) is 2.12. The van der Waals surface area contributed by atoms with Crippen LogP contribution in [0.2, 0.25) is 5.02 Å². The first-order chi connectivity index (χ1) is 7.75. The molecule has 0 radical (unpaired) electrons. The summed E-state index contributed by atoms with van der Waals surface area (Å²) < 4.78 is 0. The number of nitrogens with one attached hydrogen (secondary N) is 1. The average Bonchev–Trinajstić information content (AvgIpc) is 2.84. The van der Waals surface area contributed by atoms with Crippen LogP contribution in [0.15, 0.2) is 29.6 Å². The van der Waals surface area contributed by atoms with Gasteiger partial charge in [0.05, 0.1) is 21.1 Å². The summed E-state index contributed by atoms with van der Waals surface area (Å²) in [5.41, 5.74) is 8.49. The molecule has 3 nitrogen and oxygen atoms in total. The van der Waals surface area contributed by atoms with Gasteiger partial charge in [0.25, 0.3) is 0 Å². The average molecular weight is 250 g/mol. The third-order valence-electron chi connectivity index (χ3n) is 2.41. The summed E-state index contributed by atoms with van der Waals surface area (Å²) in [5.74, 6) is 0.766. The number of halogens is 1. The highest BCUT2D eigenvalue weighted by Crippen LogP contribution is 2.31. The lowest BCUT2D eigenvalue weighted by Crippen LogP contribution is -1.84. The Morgan fingerprint density at radius 2 is 2.19 bits per heavy atom. The lowest BCUT2D eigenvalue weighted by Gasteiger charge is -1.92. The van der Waals surface area contributed by atoms with E-state index in [2.05, 4.69) is 9.97 Å². The molecule has 0 fully saturated rings. The number of imidazole rings is 1. The first-order valence-corrected chi connectivity index (χ1v) is 5.99. The quantitative estimate of drug-likeness (QED) is 0.693. The van der Waals surface area contributed by atoms with E-state index in [1.807, 2.05) is 29.6 Å². The van der Waals surface area contributed by atoms with Gasteiger partial charge in [-0.2, -0.15) is 0 Å². The van der Waals surface area contributed by atoms with Crippen LogP contribution in [0.3, 0.4) is 0 Å². The van der Waals surface area contributed by atoms with Crippen molar-refractivity contribution in [3.63, 3.8) is 0 Å². The maximum absolute atomic E-state index is 6.06. The number of anilines is 1. The van der Waals surface area contributed by atoms with Crippen molar-refractivity contribution in [2.75, 3.05) is 5.73 Å². The first kappa shape index (κ1) is 9.69. The first-order valence-electron chi connectivity index (χ1n) is 4.73. The zero-order valence-corrected chi connectivity index (χ0v) is 9.77. The number of nitrogens with zero attached hydrogens (tertiary/aromatic N) is 1. The SMILES string of the molecule is Nc1sccc1-c1nc2c(Cl)cccc2[nH]1. The van der Waals surface area contributed by atoms with Crippen molar-refractivity contribution in [1.29, 1.82) is 0 Å². The molecule has 0 saturated carbocycles. The van der Waals surface area contributed by atoms with Crippen LogP contribution in [0.25, 0.3) is 22.4 Å². The molecule has 0 aliphatic carbocycles. The Labute approximate surface area is 101 Å². The van der Waals surface area contributed by atoms with Crippen LogP contribution >= 0.6 is 22.9 Å². The molecule has 0 amide bonds. The number of hydrogen-bond acceptors (Lipinski definition) is 3. The summed E-state index contributed by atoms with van der Waals surface area (Å²) in [6, 6.07) is 7.61. The number of benzene rings is 1. The van der Waals surface area contributed by atoms with Crippen molar-refractivity contribution in [2.45, 2.75) is 0 Å². The second-order valence-corrected chi connectivity index (χ2v) is 4.77. The Balaban J connectivity index is 2.27. The fourth-order valence-corrected chi connectivity index (χ4v) is 2.50. The Morgan fingerprint density at radius 1 is 1.31 bits per heavy atom. The minimum absolute atomic E-state index is 0.647. The van der Waals surface area contributed by atoms with Crippen molar-refractivity contribution < 1.29 is 0 Å². The molecule has 0 saturated heterocycles. The Hall–Kier alpha value is -1.52. The second kappa shape index (κ2) is 3.50. The molecule has 3 rings (SSSR count). The van der Waals surface area contributed by atoms with Crippen LogP contribution < -0.4 is 5.73 Å². The van der Waals surface area contributed by atoms with Gasteiger partial charge in [-0.1, -0.05) is 17.7 Å². The van der Waals surface area contributed by atoms with E-state index in [0.717, 1.165) is 27.4 Å². The number of fused-ring (bicyclic) bond motifs is 1. The summed E-state index contributed by atoms with van der Waals surface area (Å²) in [4.78, 5) is 7.67. The summed E-state index contributed by atoms with van der Waals surface area (Å²) in [7, 11) is 0. The number of H-pyrrole nitrogens is 1. The van der Waals surface area contributed by atoms with E-state index >= 15 is 0 Å². The predicted molar refractivity (Wildman–Crippen MR) is 68.8 cm³/mol. The maximum atomic E-state index is 6.06. The molecule has 0 bridgehead atoms. The van der Waals surface area contributed by atoms with Crippen LogP contribution in [0.1, 0.15) is 0 Å². The zero-order chi connectivity index (χ0) is 11.1. The lowest BCUT2D eigenvalue weighted by atomic mass is 10.3. The Morgan fingerprint density at radius 3 is 2.88 bits per heavy atom. The van der Waals surface area contributed by atoms with E-state index in [0.29, 0.717) is 5.02 Å². The fourth-order valence-electron chi connectivity index (χ4n) is 1.64. The predicted octanol–water partition coefficient (Wildman–Crippen LogP) is 3.53. The number of nitrogen functional groups attached to an aromatic ring is 1. The van der Waals surface area contributed by atoms with Crippen LogP contribution in [0.4, 0.5) is 5.00 Å². The topological polar surface area (TPSA) is 54.7 Å². The van der Waals surface area contributed by atoms with Crippen LogP contribution in [0, 0.1) is 0 Å². The van der Waals surface area contributed by atoms with Crippen molar-refractivity contribution in [1.82, 2.24) is 9.97 Å². The van der Waals surface area contributed by atoms with Crippen LogP contribution in [-0.4, -0.2) is 9.97 Å². The van der Waals surface area contributed by atoms with Gasteiger partial charge in [-0.25, -0.2) is 4.98 Å². The van der Waals surface area contributed by atoms with E-state index < -0.39 is 0 Å². The molecule has 0 atom stereocenters. The largest absolute Gasteiger partial charge is 0.390 e. The third-order valence-corrected chi connectivity index (χ3v) is 3.46. The van der Waals surface area contributed by atoms with E-state index in [4.69, 9.17) is 17.3 Å². The third kappa shape index (κ3) is 1.38. The number of nitrogens with two attached hydrogens (primary N) is 1. The molecular formula is C11H8ClN3S. The molecular weight excluding hydrogens is 242 g/mol. The molecule has 3 aromatic rings. The fraction of sp³-hybridized carbons (Fsp3) is 0. The molecule has 5 heteroatoms. The van der Waals surface area contributed by atoms with Gasteiger partial charge in [-0.3, -0.25) is 0 Å². The number of rotatable bonds is 1. The molecule has 16 heavy (non-hydrogen) atoms. The van der Waals surface area contributed by atoms with Gasteiger partial charge in [-0.15, -0.1) is 11.3 Å². The molecule has 0 unspecified atom stereocenters. The smallest absolute Gasteiger partial charge is 0.141 e. The van der Waals surface area contributed by atoms with Gasteiger partial charge in [0.15, 0.2) is 0 Å². The molecule has 0 aliphatic rings. The summed E-state index contributed by atoms with van der Waals surface area (Å²) >= 11 is 7.56. The molecule has 0 spiro atoms. The highest BCUT2D eigenvalue weighted by atomic mass is 35.5. The number of aromatic nitrogens is 2. The molecule has 0 aliphatic heterocycles. The molecule has 1 aromatic carbocycles. The van der Waals surface area contributed by atoms with E-state index in [-0.39, 0.29) is 0 Å². The van der Waals surface area contributed by atoms with Crippen molar-refractivity contribution in [2.24, 2.45) is 0 Å². The van der Waals surface area contributed by atoms with E-state index in [9.17, 15) is 0 Å². The Bertz CT molecular complexity index is 656. The molecule has 80 valence electrons. The standard InChI is InChI=1S/C11H8ClN3S/c12-7-2-1-3-8-9(7)15-11(14-8)6-4-5-16-10(6)13/h1-5H,13H2,(H,14,15). The van der Waals surface area contributed by atoms with Crippen molar-refractivity contribution >= 4 is 39.0 Å². The highest BCUT2D eigenvalue weighted by Gasteiger charge is 2.10. The number of hydrogen-bond donors (Lipinski definition) is 2. The van der Waals surface area contributed by atoms with Gasteiger partial charge < -0.3 is 10.7 Å². The number of thiophene rings is 1.